The predicted molar refractivity (Wildman–Crippen MR) is 140 cm³/mol. The standard InChI is InChI=1S/C22H19Cl4NOS.C2H6/c1-13-4-9-21(18(25)10-13)28-22-17(24)8-7-16(12-19(22)26)29-27(3)20-11-15(23)6-5-14(20)2;1-2/h4-6,8-12H,7H2,1-3H3;1-2H3. The molecule has 1 aliphatic carbocycles. The average Bonchev–Trinajstić information content (AvgIpc) is 2.86. The van der Waals surface area contributed by atoms with Crippen LogP contribution in [-0.4, -0.2) is 7.05 Å². The van der Waals surface area contributed by atoms with E-state index in [1.807, 2.05) is 77.2 Å². The van der Waals surface area contributed by atoms with E-state index in [9.17, 15) is 0 Å². The maximum absolute atomic E-state index is 6.55. The Morgan fingerprint density at radius 3 is 2.35 bits per heavy atom. The molecule has 2 aromatic carbocycles. The van der Waals surface area contributed by atoms with E-state index in [0.29, 0.717) is 38.0 Å². The first kappa shape index (κ1) is 26.0. The van der Waals surface area contributed by atoms with Crippen LogP contribution in [0.1, 0.15) is 31.4 Å². The van der Waals surface area contributed by atoms with Crippen LogP contribution in [0.4, 0.5) is 5.69 Å². The van der Waals surface area contributed by atoms with Crippen molar-refractivity contribution in [3.05, 3.63) is 90.5 Å². The molecule has 31 heavy (non-hydrogen) atoms. The van der Waals surface area contributed by atoms with Crippen molar-refractivity contribution >= 4 is 64.0 Å². The SMILES string of the molecule is CC.Cc1ccc(OC2=C(Cl)C=C(SN(C)c3cc(Cl)ccc3C)CC=C2Cl)c(Cl)c1. The summed E-state index contributed by atoms with van der Waals surface area (Å²) in [6.07, 6.45) is 4.37. The van der Waals surface area contributed by atoms with Crippen molar-refractivity contribution in [1.29, 1.82) is 0 Å². The van der Waals surface area contributed by atoms with E-state index in [-0.39, 0.29) is 0 Å². The third-order valence-corrected chi connectivity index (χ3v) is 6.39. The van der Waals surface area contributed by atoms with Gasteiger partial charge in [-0.15, -0.1) is 0 Å². The molecule has 0 aromatic heterocycles. The highest BCUT2D eigenvalue weighted by atomic mass is 35.5. The van der Waals surface area contributed by atoms with Gasteiger partial charge in [-0.05, 0) is 67.3 Å². The number of rotatable bonds is 5. The highest BCUT2D eigenvalue weighted by Crippen LogP contribution is 2.38. The Kier molecular flexibility index (Phi) is 10.2. The van der Waals surface area contributed by atoms with E-state index in [1.165, 1.54) is 0 Å². The number of nitrogens with zero attached hydrogens (tertiary/aromatic N) is 1. The second-order valence-corrected chi connectivity index (χ2v) is 9.51. The minimum absolute atomic E-state index is 0.385. The first-order chi connectivity index (χ1) is 14.7. The third kappa shape index (κ3) is 7.13. The summed E-state index contributed by atoms with van der Waals surface area (Å²) in [5, 5.41) is 2.06. The molecule has 0 amide bonds. The normalized spacial score (nSPS) is 13.6. The maximum atomic E-state index is 6.55. The number of benzene rings is 2. The zero-order valence-corrected chi connectivity index (χ0v) is 21.9. The lowest BCUT2D eigenvalue weighted by molar-refractivity contribution is 0.440. The van der Waals surface area contributed by atoms with Crippen molar-refractivity contribution in [2.45, 2.75) is 34.1 Å². The molecule has 7 heteroatoms. The molecule has 0 heterocycles. The second kappa shape index (κ2) is 12.1. The summed E-state index contributed by atoms with van der Waals surface area (Å²) < 4.78 is 8.01. The molecule has 0 bridgehead atoms. The lowest BCUT2D eigenvalue weighted by Crippen LogP contribution is -2.08. The molecular weight excluding hydrogens is 492 g/mol. The lowest BCUT2D eigenvalue weighted by atomic mass is 10.2. The highest BCUT2D eigenvalue weighted by Gasteiger charge is 2.18. The van der Waals surface area contributed by atoms with Crippen molar-refractivity contribution in [2.75, 3.05) is 11.4 Å². The number of allylic oxidation sites excluding steroid dienone is 5. The van der Waals surface area contributed by atoms with Gasteiger partial charge in [-0.1, -0.05) is 78.5 Å². The largest absolute Gasteiger partial charge is 0.453 e. The van der Waals surface area contributed by atoms with Crippen LogP contribution in [0, 0.1) is 13.8 Å². The van der Waals surface area contributed by atoms with Gasteiger partial charge in [0.2, 0.25) is 0 Å². The van der Waals surface area contributed by atoms with E-state index in [1.54, 1.807) is 18.0 Å². The van der Waals surface area contributed by atoms with E-state index in [2.05, 4.69) is 4.31 Å². The fourth-order valence-electron chi connectivity index (χ4n) is 2.77. The number of anilines is 1. The van der Waals surface area contributed by atoms with Crippen LogP contribution < -0.4 is 9.04 Å². The first-order valence-electron chi connectivity index (χ1n) is 9.83. The van der Waals surface area contributed by atoms with E-state index < -0.39 is 0 Å². The van der Waals surface area contributed by atoms with Gasteiger partial charge in [0.25, 0.3) is 0 Å². The fraction of sp³-hybridized carbons (Fsp3) is 0.250. The summed E-state index contributed by atoms with van der Waals surface area (Å²) in [5.41, 5.74) is 3.21. The first-order valence-corrected chi connectivity index (χ1v) is 12.1. The van der Waals surface area contributed by atoms with Crippen LogP contribution in [0.5, 0.6) is 5.75 Å². The smallest absolute Gasteiger partial charge is 0.164 e. The molecule has 0 fully saturated rings. The quantitative estimate of drug-likeness (QED) is 0.367. The minimum Gasteiger partial charge on any atom is -0.453 e. The minimum atomic E-state index is 0.385. The fourth-order valence-corrected chi connectivity index (χ4v) is 4.79. The van der Waals surface area contributed by atoms with Crippen LogP contribution in [0.3, 0.4) is 0 Å². The molecule has 2 aromatic rings. The molecule has 2 nitrogen and oxygen atoms in total. The number of hydrogen-bond donors (Lipinski definition) is 0. The molecule has 0 N–H and O–H groups in total. The number of ether oxygens (including phenoxy) is 1. The molecule has 0 unspecified atom stereocenters. The number of halogens is 4. The summed E-state index contributed by atoms with van der Waals surface area (Å²) in [4.78, 5) is 1.02. The van der Waals surface area contributed by atoms with Gasteiger partial charge in [0.15, 0.2) is 5.76 Å². The molecule has 3 rings (SSSR count). The Morgan fingerprint density at radius 1 is 0.968 bits per heavy atom. The van der Waals surface area contributed by atoms with Crippen molar-refractivity contribution in [1.82, 2.24) is 0 Å². The number of aryl methyl sites for hydroxylation is 2. The van der Waals surface area contributed by atoms with Crippen molar-refractivity contribution in [3.63, 3.8) is 0 Å². The van der Waals surface area contributed by atoms with Crippen LogP contribution in [-0.2, 0) is 0 Å². The topological polar surface area (TPSA) is 12.5 Å². The molecule has 166 valence electrons. The summed E-state index contributed by atoms with van der Waals surface area (Å²) in [7, 11) is 1.99. The van der Waals surface area contributed by atoms with Crippen LogP contribution in [0.15, 0.2) is 69.3 Å². The molecule has 1 aliphatic rings. The average molecular weight is 517 g/mol. The lowest BCUT2D eigenvalue weighted by Gasteiger charge is -2.21. The number of hydrogen-bond acceptors (Lipinski definition) is 3. The summed E-state index contributed by atoms with van der Waals surface area (Å²) in [6, 6.07) is 11.4. The van der Waals surface area contributed by atoms with Gasteiger partial charge in [0.1, 0.15) is 5.75 Å². The Morgan fingerprint density at radius 2 is 1.68 bits per heavy atom. The van der Waals surface area contributed by atoms with Crippen LogP contribution >= 0.6 is 58.4 Å². The third-order valence-electron chi connectivity index (χ3n) is 4.27. The van der Waals surface area contributed by atoms with Gasteiger partial charge in [0.05, 0.1) is 20.8 Å². The van der Waals surface area contributed by atoms with Gasteiger partial charge in [0, 0.05) is 23.4 Å². The van der Waals surface area contributed by atoms with Gasteiger partial charge in [-0.2, -0.15) is 0 Å². The Bertz CT molecular complexity index is 1030. The summed E-state index contributed by atoms with van der Waals surface area (Å²) in [6.45, 7) is 8.01. The molecule has 0 saturated carbocycles. The summed E-state index contributed by atoms with van der Waals surface area (Å²) in [5.74, 6) is 0.893. The van der Waals surface area contributed by atoms with Crippen LogP contribution in [0.2, 0.25) is 10.0 Å². The molecule has 0 radical (unpaired) electrons. The van der Waals surface area contributed by atoms with E-state index in [0.717, 1.165) is 21.7 Å². The Balaban J connectivity index is 0.00000166. The van der Waals surface area contributed by atoms with Crippen molar-refractivity contribution in [3.8, 4) is 5.75 Å². The molecule has 0 spiro atoms. The van der Waals surface area contributed by atoms with Gasteiger partial charge < -0.3 is 9.04 Å². The van der Waals surface area contributed by atoms with Gasteiger partial charge in [-0.25, -0.2) is 0 Å². The predicted octanol–water partition coefficient (Wildman–Crippen LogP) is 9.66. The highest BCUT2D eigenvalue weighted by molar-refractivity contribution is 8.04. The zero-order chi connectivity index (χ0) is 23.1. The Hall–Kier alpha value is -1.23. The summed E-state index contributed by atoms with van der Waals surface area (Å²) >= 11 is 27.0. The zero-order valence-electron chi connectivity index (χ0n) is 18.1. The van der Waals surface area contributed by atoms with Crippen molar-refractivity contribution in [2.24, 2.45) is 0 Å². The van der Waals surface area contributed by atoms with Gasteiger partial charge in [-0.3, -0.25) is 0 Å². The Labute approximate surface area is 209 Å². The monoisotopic (exact) mass is 515 g/mol. The van der Waals surface area contributed by atoms with Crippen LogP contribution in [0.25, 0.3) is 0 Å². The van der Waals surface area contributed by atoms with Gasteiger partial charge >= 0.3 is 0 Å². The van der Waals surface area contributed by atoms with E-state index in [4.69, 9.17) is 51.1 Å². The van der Waals surface area contributed by atoms with E-state index >= 15 is 0 Å². The maximum Gasteiger partial charge on any atom is 0.164 e. The second-order valence-electron chi connectivity index (χ2n) is 6.60. The van der Waals surface area contributed by atoms with Crippen molar-refractivity contribution < 1.29 is 4.74 Å². The molecule has 0 saturated heterocycles. The molecule has 0 atom stereocenters. The molecule has 0 aliphatic heterocycles. The molecular formula is C24H25Cl4NOS.